The van der Waals surface area contributed by atoms with Crippen LogP contribution in [0.1, 0.15) is 27.3 Å². The summed E-state index contributed by atoms with van der Waals surface area (Å²) in [6, 6.07) is 7.85. The van der Waals surface area contributed by atoms with Crippen molar-refractivity contribution < 1.29 is 4.79 Å². The molecule has 1 aliphatic rings. The minimum atomic E-state index is -0.0597. The largest absolute Gasteiger partial charge is 0.322 e. The Balaban J connectivity index is 2.20. The van der Waals surface area contributed by atoms with Crippen LogP contribution in [0.15, 0.2) is 24.3 Å². The minimum absolute atomic E-state index is 0.0597. The van der Waals surface area contributed by atoms with E-state index in [1.165, 1.54) is 0 Å². The maximum Gasteiger partial charge on any atom is 0.259 e. The summed E-state index contributed by atoms with van der Waals surface area (Å²) in [6.07, 6.45) is 0.700. The fourth-order valence-corrected chi connectivity index (χ4v) is 2.26. The molecule has 86 valence electrons. The molecule has 0 atom stereocenters. The Kier molecular flexibility index (Phi) is 2.04. The fourth-order valence-electron chi connectivity index (χ4n) is 2.26. The third-order valence-electron chi connectivity index (χ3n) is 3.26. The van der Waals surface area contributed by atoms with Gasteiger partial charge in [0, 0.05) is 24.8 Å². The first-order valence-corrected chi connectivity index (χ1v) is 5.58. The third kappa shape index (κ3) is 1.45. The van der Waals surface area contributed by atoms with Crippen LogP contribution < -0.4 is 5.32 Å². The number of hydrogen-bond acceptors (Lipinski definition) is 2. The maximum atomic E-state index is 12.1. The lowest BCUT2D eigenvalue weighted by Gasteiger charge is -2.05. The lowest BCUT2D eigenvalue weighted by Crippen LogP contribution is -2.12. The Morgan fingerprint density at radius 1 is 1.35 bits per heavy atom. The van der Waals surface area contributed by atoms with E-state index >= 15 is 0 Å². The van der Waals surface area contributed by atoms with Gasteiger partial charge in [-0.3, -0.25) is 9.48 Å². The van der Waals surface area contributed by atoms with Gasteiger partial charge in [-0.1, -0.05) is 18.2 Å². The normalized spacial score (nSPS) is 13.6. The number of hydrogen-bond donors (Lipinski definition) is 1. The van der Waals surface area contributed by atoms with Gasteiger partial charge >= 0.3 is 0 Å². The van der Waals surface area contributed by atoms with Gasteiger partial charge in [0.05, 0.1) is 11.3 Å². The number of anilines is 1. The molecule has 1 aliphatic heterocycles. The summed E-state index contributed by atoms with van der Waals surface area (Å²) in [6.45, 7) is 1.92. The van der Waals surface area contributed by atoms with Gasteiger partial charge < -0.3 is 5.32 Å². The summed E-state index contributed by atoms with van der Waals surface area (Å²) < 4.78 is 1.76. The molecule has 0 saturated heterocycles. The summed E-state index contributed by atoms with van der Waals surface area (Å²) in [5.74, 6) is -0.0597. The van der Waals surface area contributed by atoms with Crippen molar-refractivity contribution in [1.82, 2.24) is 9.78 Å². The zero-order valence-electron chi connectivity index (χ0n) is 9.82. The number of carbonyl (C=O) groups is 1. The summed E-state index contributed by atoms with van der Waals surface area (Å²) in [7, 11) is 1.86. The van der Waals surface area contributed by atoms with Crippen LogP contribution in [-0.2, 0) is 13.5 Å². The standard InChI is InChI=1S/C13H13N3O/c1-8-12-11(15-16(8)2)7-9-5-3-4-6-10(9)14-13(12)17/h3-6H,7H2,1-2H3,(H,14,17). The monoisotopic (exact) mass is 227 g/mol. The van der Waals surface area contributed by atoms with E-state index in [1.54, 1.807) is 4.68 Å². The molecule has 1 aromatic heterocycles. The van der Waals surface area contributed by atoms with Crippen molar-refractivity contribution in [2.75, 3.05) is 5.32 Å². The molecular formula is C13H13N3O. The molecule has 0 bridgehead atoms. The first kappa shape index (κ1) is 10.1. The van der Waals surface area contributed by atoms with Crippen LogP contribution in [-0.4, -0.2) is 15.7 Å². The molecule has 4 nitrogen and oxygen atoms in total. The summed E-state index contributed by atoms with van der Waals surface area (Å²) >= 11 is 0. The average Bonchev–Trinajstić information content (AvgIpc) is 2.50. The quantitative estimate of drug-likeness (QED) is 0.747. The molecule has 17 heavy (non-hydrogen) atoms. The van der Waals surface area contributed by atoms with E-state index in [1.807, 2.05) is 38.2 Å². The molecule has 0 aliphatic carbocycles. The molecule has 0 radical (unpaired) electrons. The number of benzene rings is 1. The van der Waals surface area contributed by atoms with Crippen LogP contribution in [0.3, 0.4) is 0 Å². The van der Waals surface area contributed by atoms with Crippen molar-refractivity contribution in [2.45, 2.75) is 13.3 Å². The number of aryl methyl sites for hydroxylation is 1. The molecule has 3 rings (SSSR count). The molecule has 2 heterocycles. The number of nitrogens with one attached hydrogen (secondary N) is 1. The second-order valence-electron chi connectivity index (χ2n) is 4.32. The lowest BCUT2D eigenvalue weighted by atomic mass is 10.1. The molecule has 4 heteroatoms. The van der Waals surface area contributed by atoms with Gasteiger partial charge in [-0.2, -0.15) is 5.10 Å². The SMILES string of the molecule is Cc1c2c(nn1C)Cc1ccccc1NC2=O. The summed E-state index contributed by atoms with van der Waals surface area (Å²) in [5.41, 5.74) is 4.47. The number of aromatic nitrogens is 2. The first-order valence-electron chi connectivity index (χ1n) is 5.58. The van der Waals surface area contributed by atoms with Gasteiger partial charge in [0.25, 0.3) is 5.91 Å². The Morgan fingerprint density at radius 2 is 2.12 bits per heavy atom. The van der Waals surface area contributed by atoms with Gasteiger partial charge in [-0.25, -0.2) is 0 Å². The summed E-state index contributed by atoms with van der Waals surface area (Å²) in [5, 5.41) is 7.36. The van der Waals surface area contributed by atoms with Crippen LogP contribution >= 0.6 is 0 Å². The van der Waals surface area contributed by atoms with Crippen molar-refractivity contribution in [1.29, 1.82) is 0 Å². The van der Waals surface area contributed by atoms with E-state index in [4.69, 9.17) is 0 Å². The van der Waals surface area contributed by atoms with Gasteiger partial charge in [0.1, 0.15) is 0 Å². The van der Waals surface area contributed by atoms with Crippen molar-refractivity contribution in [3.8, 4) is 0 Å². The van der Waals surface area contributed by atoms with E-state index in [-0.39, 0.29) is 5.91 Å². The highest BCUT2D eigenvalue weighted by molar-refractivity contribution is 6.07. The van der Waals surface area contributed by atoms with Gasteiger partial charge in [0.15, 0.2) is 0 Å². The first-order chi connectivity index (χ1) is 8.16. The zero-order valence-corrected chi connectivity index (χ0v) is 9.82. The van der Waals surface area contributed by atoms with E-state index in [9.17, 15) is 4.79 Å². The molecule has 1 amide bonds. The molecular weight excluding hydrogens is 214 g/mol. The minimum Gasteiger partial charge on any atom is -0.322 e. The molecule has 0 spiro atoms. The van der Waals surface area contributed by atoms with E-state index in [2.05, 4.69) is 10.4 Å². The maximum absolute atomic E-state index is 12.1. The van der Waals surface area contributed by atoms with Crippen LogP contribution in [0.5, 0.6) is 0 Å². The number of nitrogens with zero attached hydrogens (tertiary/aromatic N) is 2. The highest BCUT2D eigenvalue weighted by atomic mass is 16.1. The number of rotatable bonds is 0. The van der Waals surface area contributed by atoms with Crippen molar-refractivity contribution >= 4 is 11.6 Å². The van der Waals surface area contributed by atoms with E-state index in [0.717, 1.165) is 22.6 Å². The zero-order chi connectivity index (χ0) is 12.0. The Hall–Kier alpha value is -2.10. The van der Waals surface area contributed by atoms with E-state index in [0.29, 0.717) is 12.0 Å². The molecule has 1 aromatic carbocycles. The van der Waals surface area contributed by atoms with Crippen LogP contribution in [0.2, 0.25) is 0 Å². The van der Waals surface area contributed by atoms with E-state index < -0.39 is 0 Å². The highest BCUT2D eigenvalue weighted by Gasteiger charge is 2.24. The second kappa shape index (κ2) is 3.45. The second-order valence-corrected chi connectivity index (χ2v) is 4.32. The van der Waals surface area contributed by atoms with Gasteiger partial charge in [-0.15, -0.1) is 0 Å². The molecule has 1 N–H and O–H groups in total. The lowest BCUT2D eigenvalue weighted by molar-refractivity contribution is 0.102. The van der Waals surface area contributed by atoms with Crippen molar-refractivity contribution in [2.24, 2.45) is 7.05 Å². The number of fused-ring (bicyclic) bond motifs is 2. The van der Waals surface area contributed by atoms with Gasteiger partial charge in [-0.05, 0) is 18.6 Å². The van der Waals surface area contributed by atoms with Crippen LogP contribution in [0, 0.1) is 6.92 Å². The number of amides is 1. The smallest absolute Gasteiger partial charge is 0.259 e. The predicted octanol–water partition coefficient (Wildman–Crippen LogP) is 1.89. The highest BCUT2D eigenvalue weighted by Crippen LogP contribution is 2.26. The summed E-state index contributed by atoms with van der Waals surface area (Å²) in [4.78, 5) is 12.1. The van der Waals surface area contributed by atoms with Crippen LogP contribution in [0.4, 0.5) is 5.69 Å². The number of carbonyl (C=O) groups excluding carboxylic acids is 1. The topological polar surface area (TPSA) is 46.9 Å². The Labute approximate surface area is 99.3 Å². The molecule has 0 saturated carbocycles. The third-order valence-corrected chi connectivity index (χ3v) is 3.26. The van der Waals surface area contributed by atoms with Crippen molar-refractivity contribution in [3.05, 3.63) is 46.8 Å². The Bertz CT molecular complexity index is 613. The number of para-hydroxylation sites is 1. The van der Waals surface area contributed by atoms with Gasteiger partial charge in [0.2, 0.25) is 0 Å². The average molecular weight is 227 g/mol. The van der Waals surface area contributed by atoms with Crippen LogP contribution in [0.25, 0.3) is 0 Å². The van der Waals surface area contributed by atoms with Crippen molar-refractivity contribution in [3.63, 3.8) is 0 Å². The fraction of sp³-hybridized carbons (Fsp3) is 0.231. The molecule has 2 aromatic rings. The molecule has 0 unspecified atom stereocenters. The predicted molar refractivity (Wildman–Crippen MR) is 65.1 cm³/mol. The Morgan fingerprint density at radius 3 is 2.94 bits per heavy atom. The molecule has 0 fully saturated rings.